The monoisotopic (exact) mass is 411 g/mol. The van der Waals surface area contributed by atoms with Crippen LogP contribution in [-0.2, 0) is 0 Å². The molecule has 0 spiro atoms. The Morgan fingerprint density at radius 1 is 0.778 bits per heavy atom. The molecule has 1 atom stereocenters. The number of aliphatic imine (C=N–C) groups is 1. The lowest BCUT2D eigenvalue weighted by atomic mass is 10.2. The molecule has 0 amide bonds. The number of rotatable bonds is 5. The summed E-state index contributed by atoms with van der Waals surface area (Å²) in [6, 6.07) is 24.9. The van der Waals surface area contributed by atoms with E-state index in [0.29, 0.717) is 0 Å². The van der Waals surface area contributed by atoms with E-state index in [4.69, 9.17) is 16.6 Å². The maximum absolute atomic E-state index is 6.01. The predicted octanol–water partition coefficient (Wildman–Crippen LogP) is 7.96. The molecular formula is C23H22ClNS2. The molecule has 3 rings (SSSR count). The molecule has 1 nitrogen and oxygen atoms in total. The maximum atomic E-state index is 6.01. The summed E-state index contributed by atoms with van der Waals surface area (Å²) in [5.41, 5.74) is 3.49. The van der Waals surface area contributed by atoms with Gasteiger partial charge in [0.05, 0.1) is 16.0 Å². The largest absolute Gasteiger partial charge is 0.245 e. The average molecular weight is 412 g/mol. The van der Waals surface area contributed by atoms with Crippen LogP contribution in [0.3, 0.4) is 0 Å². The van der Waals surface area contributed by atoms with Crippen molar-refractivity contribution >= 4 is 45.9 Å². The summed E-state index contributed by atoms with van der Waals surface area (Å²) in [5.74, 6) is 0. The highest BCUT2D eigenvalue weighted by Crippen LogP contribution is 2.33. The summed E-state index contributed by atoms with van der Waals surface area (Å²) < 4.78 is 0. The summed E-state index contributed by atoms with van der Waals surface area (Å²) in [7, 11) is 0. The average Bonchev–Trinajstić information content (AvgIpc) is 2.66. The molecule has 0 fully saturated rings. The van der Waals surface area contributed by atoms with E-state index in [1.165, 1.54) is 20.9 Å². The first-order valence-corrected chi connectivity index (χ1v) is 10.9. The first kappa shape index (κ1) is 20.1. The van der Waals surface area contributed by atoms with E-state index in [2.05, 4.69) is 81.4 Å². The Balaban J connectivity index is 1.86. The molecule has 0 heterocycles. The molecule has 1 unspecified atom stereocenters. The van der Waals surface area contributed by atoms with Gasteiger partial charge in [-0.15, -0.1) is 11.8 Å². The van der Waals surface area contributed by atoms with Gasteiger partial charge in [-0.1, -0.05) is 58.8 Å². The lowest BCUT2D eigenvalue weighted by molar-refractivity contribution is 1.30. The predicted molar refractivity (Wildman–Crippen MR) is 122 cm³/mol. The van der Waals surface area contributed by atoms with Gasteiger partial charge in [0.15, 0.2) is 0 Å². The summed E-state index contributed by atoms with van der Waals surface area (Å²) in [5, 5.41) is 2.07. The van der Waals surface area contributed by atoms with E-state index in [1.54, 1.807) is 23.5 Å². The molecule has 3 aromatic rings. The highest BCUT2D eigenvalue weighted by molar-refractivity contribution is 8.16. The van der Waals surface area contributed by atoms with E-state index >= 15 is 0 Å². The molecule has 0 N–H and O–H groups in total. The molecule has 0 aromatic heterocycles. The standard InChI is InChI=1S/C23H22ClNS2/c1-16-4-10-20(11-5-16)25-23(27-22-12-6-17(2)7-13-22)18(3)26-21-14-8-19(24)9-15-21/h4-15,18H,1-3H3. The van der Waals surface area contributed by atoms with Crippen molar-refractivity contribution in [2.75, 3.05) is 0 Å². The van der Waals surface area contributed by atoms with Crippen LogP contribution in [0.5, 0.6) is 0 Å². The van der Waals surface area contributed by atoms with Crippen LogP contribution >= 0.6 is 35.1 Å². The van der Waals surface area contributed by atoms with Crippen molar-refractivity contribution < 1.29 is 0 Å². The van der Waals surface area contributed by atoms with Crippen LogP contribution in [0.4, 0.5) is 5.69 Å². The van der Waals surface area contributed by atoms with Gasteiger partial charge in [0, 0.05) is 14.8 Å². The third-order valence-corrected chi connectivity index (χ3v) is 6.68. The zero-order chi connectivity index (χ0) is 19.2. The van der Waals surface area contributed by atoms with Crippen molar-refractivity contribution in [2.24, 2.45) is 4.99 Å². The molecule has 0 aliphatic heterocycles. The number of nitrogens with zero attached hydrogens (tertiary/aromatic N) is 1. The van der Waals surface area contributed by atoms with Crippen molar-refractivity contribution in [3.8, 4) is 0 Å². The van der Waals surface area contributed by atoms with Crippen LogP contribution < -0.4 is 0 Å². The van der Waals surface area contributed by atoms with E-state index in [1.807, 2.05) is 12.1 Å². The minimum Gasteiger partial charge on any atom is -0.245 e. The lowest BCUT2D eigenvalue weighted by Crippen LogP contribution is -2.09. The van der Waals surface area contributed by atoms with Gasteiger partial charge in [-0.25, -0.2) is 4.99 Å². The lowest BCUT2D eigenvalue weighted by Gasteiger charge is -2.15. The zero-order valence-electron chi connectivity index (χ0n) is 15.6. The molecule has 0 radical (unpaired) electrons. The molecular weight excluding hydrogens is 390 g/mol. The smallest absolute Gasteiger partial charge is 0.0917 e. The number of hydrogen-bond acceptors (Lipinski definition) is 3. The Morgan fingerprint density at radius 3 is 1.89 bits per heavy atom. The van der Waals surface area contributed by atoms with Gasteiger partial charge in [-0.05, 0) is 69.3 Å². The highest BCUT2D eigenvalue weighted by atomic mass is 35.5. The Kier molecular flexibility index (Phi) is 7.06. The summed E-state index contributed by atoms with van der Waals surface area (Å²) >= 11 is 9.54. The van der Waals surface area contributed by atoms with Gasteiger partial charge in [-0.2, -0.15) is 0 Å². The molecule has 3 aromatic carbocycles. The number of thioether (sulfide) groups is 2. The molecule has 0 aliphatic carbocycles. The van der Waals surface area contributed by atoms with Crippen molar-refractivity contribution in [2.45, 2.75) is 35.8 Å². The Morgan fingerprint density at radius 2 is 1.30 bits per heavy atom. The molecule has 0 bridgehead atoms. The molecule has 0 saturated carbocycles. The van der Waals surface area contributed by atoms with Gasteiger partial charge < -0.3 is 0 Å². The van der Waals surface area contributed by atoms with E-state index in [9.17, 15) is 0 Å². The molecule has 27 heavy (non-hydrogen) atoms. The second kappa shape index (κ2) is 9.50. The molecule has 0 aliphatic rings. The third kappa shape index (κ3) is 6.17. The van der Waals surface area contributed by atoms with Crippen LogP contribution in [0, 0.1) is 13.8 Å². The third-order valence-electron chi connectivity index (χ3n) is 3.99. The number of aryl methyl sites for hydroxylation is 2. The quantitative estimate of drug-likeness (QED) is 0.240. The molecule has 4 heteroatoms. The second-order valence-electron chi connectivity index (χ2n) is 6.41. The second-order valence-corrected chi connectivity index (χ2v) is 9.36. The van der Waals surface area contributed by atoms with Gasteiger partial charge in [0.2, 0.25) is 0 Å². The van der Waals surface area contributed by atoms with Crippen LogP contribution in [-0.4, -0.2) is 10.3 Å². The van der Waals surface area contributed by atoms with Crippen LogP contribution in [0.25, 0.3) is 0 Å². The SMILES string of the molecule is Cc1ccc(N=C(Sc2ccc(C)cc2)C(C)Sc2ccc(Cl)cc2)cc1. The topological polar surface area (TPSA) is 12.4 Å². The highest BCUT2D eigenvalue weighted by Gasteiger charge is 2.15. The van der Waals surface area contributed by atoms with Crippen LogP contribution in [0.1, 0.15) is 18.1 Å². The first-order chi connectivity index (χ1) is 13.0. The van der Waals surface area contributed by atoms with Crippen molar-refractivity contribution in [3.63, 3.8) is 0 Å². The molecule has 0 saturated heterocycles. The van der Waals surface area contributed by atoms with Crippen LogP contribution in [0.15, 0.2) is 87.6 Å². The van der Waals surface area contributed by atoms with Gasteiger partial charge in [0.25, 0.3) is 0 Å². The fourth-order valence-corrected chi connectivity index (χ4v) is 4.54. The summed E-state index contributed by atoms with van der Waals surface area (Å²) in [4.78, 5) is 7.36. The zero-order valence-corrected chi connectivity index (χ0v) is 18.0. The summed E-state index contributed by atoms with van der Waals surface area (Å²) in [6.45, 7) is 6.40. The summed E-state index contributed by atoms with van der Waals surface area (Å²) in [6.07, 6.45) is 0. The fraction of sp³-hybridized carbons (Fsp3) is 0.174. The Bertz CT molecular complexity index is 901. The van der Waals surface area contributed by atoms with Crippen LogP contribution in [0.2, 0.25) is 5.02 Å². The first-order valence-electron chi connectivity index (χ1n) is 8.81. The number of hydrogen-bond donors (Lipinski definition) is 0. The van der Waals surface area contributed by atoms with E-state index in [-0.39, 0.29) is 5.25 Å². The Hall–Kier alpha value is -1.68. The van der Waals surface area contributed by atoms with Gasteiger partial charge >= 0.3 is 0 Å². The number of benzene rings is 3. The van der Waals surface area contributed by atoms with Crippen molar-refractivity contribution in [1.82, 2.24) is 0 Å². The number of halogens is 1. The maximum Gasteiger partial charge on any atom is 0.0917 e. The Labute approximate surface area is 175 Å². The molecule has 138 valence electrons. The van der Waals surface area contributed by atoms with Gasteiger partial charge in [-0.3, -0.25) is 0 Å². The normalized spacial score (nSPS) is 12.8. The minimum atomic E-state index is 0.221. The van der Waals surface area contributed by atoms with Crippen molar-refractivity contribution in [1.29, 1.82) is 0 Å². The van der Waals surface area contributed by atoms with Crippen molar-refractivity contribution in [3.05, 3.63) is 88.9 Å². The fourth-order valence-electron chi connectivity index (χ4n) is 2.44. The minimum absolute atomic E-state index is 0.221. The van der Waals surface area contributed by atoms with Gasteiger partial charge in [0.1, 0.15) is 0 Å². The van der Waals surface area contributed by atoms with E-state index < -0.39 is 0 Å². The van der Waals surface area contributed by atoms with E-state index in [0.717, 1.165) is 15.8 Å².